The standard InChI is InChI=1S/C10H6BrN2O2/c11-2-1-8-3-9(12-6-14)5-10(4-8)13-7-15/h3-4H,1-2H2. The summed E-state index contributed by atoms with van der Waals surface area (Å²) in [5.41, 5.74) is 1.54. The second-order valence-corrected chi connectivity index (χ2v) is 3.40. The first-order chi connectivity index (χ1) is 7.30. The Morgan fingerprint density at radius 1 is 1.20 bits per heavy atom. The highest BCUT2D eigenvalue weighted by atomic mass is 79.9. The Kier molecular flexibility index (Phi) is 4.64. The van der Waals surface area contributed by atoms with Gasteiger partial charge in [-0.15, -0.1) is 0 Å². The number of nitrogens with zero attached hydrogens (tertiary/aromatic N) is 2. The first-order valence-electron chi connectivity index (χ1n) is 4.08. The van der Waals surface area contributed by atoms with E-state index in [0.717, 1.165) is 17.3 Å². The summed E-state index contributed by atoms with van der Waals surface area (Å²) < 4.78 is 0. The molecular formula is C10H6BrN2O2. The summed E-state index contributed by atoms with van der Waals surface area (Å²) in [6.07, 6.45) is 3.58. The van der Waals surface area contributed by atoms with Crippen molar-refractivity contribution in [2.75, 3.05) is 5.33 Å². The molecule has 1 radical (unpaired) electrons. The fraction of sp³-hybridized carbons (Fsp3) is 0.200. The fourth-order valence-corrected chi connectivity index (χ4v) is 1.53. The van der Waals surface area contributed by atoms with Gasteiger partial charge in [0, 0.05) is 11.4 Å². The van der Waals surface area contributed by atoms with Crippen LogP contribution in [0.2, 0.25) is 0 Å². The Morgan fingerprint density at radius 2 is 1.73 bits per heavy atom. The maximum Gasteiger partial charge on any atom is 0.240 e. The van der Waals surface area contributed by atoms with Crippen LogP contribution < -0.4 is 0 Å². The maximum absolute atomic E-state index is 10.1. The van der Waals surface area contributed by atoms with E-state index in [9.17, 15) is 9.59 Å². The smallest absolute Gasteiger partial charge is 0.211 e. The van der Waals surface area contributed by atoms with Crippen molar-refractivity contribution in [1.82, 2.24) is 0 Å². The number of benzene rings is 1. The number of aliphatic imine (C=N–C) groups is 2. The van der Waals surface area contributed by atoms with Crippen LogP contribution in [0.4, 0.5) is 11.4 Å². The molecule has 0 aromatic heterocycles. The molecular weight excluding hydrogens is 260 g/mol. The summed E-state index contributed by atoms with van der Waals surface area (Å²) in [5, 5.41) is 0.769. The van der Waals surface area contributed by atoms with Crippen LogP contribution in [0.5, 0.6) is 0 Å². The van der Waals surface area contributed by atoms with E-state index in [0.29, 0.717) is 11.4 Å². The lowest BCUT2D eigenvalue weighted by molar-refractivity contribution is 0.565. The van der Waals surface area contributed by atoms with Crippen LogP contribution in [-0.4, -0.2) is 17.5 Å². The van der Waals surface area contributed by atoms with E-state index in [1.807, 2.05) is 0 Å². The second-order valence-electron chi connectivity index (χ2n) is 2.60. The second kappa shape index (κ2) is 6.04. The van der Waals surface area contributed by atoms with E-state index >= 15 is 0 Å². The average molecular weight is 266 g/mol. The zero-order chi connectivity index (χ0) is 11.1. The molecule has 1 aromatic rings. The quantitative estimate of drug-likeness (QED) is 0.477. The topological polar surface area (TPSA) is 58.9 Å². The summed E-state index contributed by atoms with van der Waals surface area (Å²) in [4.78, 5) is 27.0. The molecule has 1 rings (SSSR count). The molecule has 0 unspecified atom stereocenters. The number of hydrogen-bond donors (Lipinski definition) is 0. The Bertz CT molecular complexity index is 410. The molecule has 0 spiro atoms. The minimum Gasteiger partial charge on any atom is -0.211 e. The molecule has 5 heteroatoms. The summed E-state index contributed by atoms with van der Waals surface area (Å²) in [7, 11) is 0. The van der Waals surface area contributed by atoms with Gasteiger partial charge < -0.3 is 0 Å². The van der Waals surface area contributed by atoms with Crippen LogP contribution >= 0.6 is 15.9 Å². The van der Waals surface area contributed by atoms with Crippen LogP contribution in [0.1, 0.15) is 5.56 Å². The minimum absolute atomic E-state index is 0.317. The summed E-state index contributed by atoms with van der Waals surface area (Å²) in [5.74, 6) is 0. The van der Waals surface area contributed by atoms with Crippen molar-refractivity contribution in [2.45, 2.75) is 6.42 Å². The summed E-state index contributed by atoms with van der Waals surface area (Å²) in [6, 6.07) is 6.05. The third kappa shape index (κ3) is 3.60. The van der Waals surface area contributed by atoms with E-state index in [1.165, 1.54) is 12.2 Å². The lowest BCUT2D eigenvalue weighted by Crippen LogP contribution is -1.85. The van der Waals surface area contributed by atoms with Gasteiger partial charge in [-0.05, 0) is 24.1 Å². The SMILES string of the molecule is O=C=Nc1[c]c(N=C=O)cc(CCBr)c1. The number of aryl methyl sites for hydroxylation is 1. The van der Waals surface area contributed by atoms with Gasteiger partial charge in [-0.1, -0.05) is 15.9 Å². The van der Waals surface area contributed by atoms with Gasteiger partial charge in [0.15, 0.2) is 0 Å². The van der Waals surface area contributed by atoms with E-state index in [-0.39, 0.29) is 0 Å². The maximum atomic E-state index is 10.1. The van der Waals surface area contributed by atoms with Gasteiger partial charge in [0.05, 0.1) is 11.4 Å². The molecule has 0 aliphatic rings. The highest BCUT2D eigenvalue weighted by Crippen LogP contribution is 2.22. The molecule has 0 bridgehead atoms. The van der Waals surface area contributed by atoms with Crippen molar-refractivity contribution in [2.24, 2.45) is 9.98 Å². The molecule has 15 heavy (non-hydrogen) atoms. The van der Waals surface area contributed by atoms with Crippen LogP contribution in [0.3, 0.4) is 0 Å². The molecule has 75 valence electrons. The van der Waals surface area contributed by atoms with E-state index in [2.05, 4.69) is 32.0 Å². The zero-order valence-electron chi connectivity index (χ0n) is 7.66. The fourth-order valence-electron chi connectivity index (χ4n) is 1.07. The van der Waals surface area contributed by atoms with Crippen LogP contribution in [0.25, 0.3) is 0 Å². The van der Waals surface area contributed by atoms with E-state index < -0.39 is 0 Å². The Labute approximate surface area is 94.9 Å². The van der Waals surface area contributed by atoms with Crippen molar-refractivity contribution >= 4 is 39.5 Å². The van der Waals surface area contributed by atoms with Gasteiger partial charge in [0.1, 0.15) is 0 Å². The molecule has 0 saturated heterocycles. The molecule has 0 aliphatic heterocycles. The van der Waals surface area contributed by atoms with Crippen molar-refractivity contribution in [1.29, 1.82) is 0 Å². The first kappa shape index (κ1) is 11.5. The average Bonchev–Trinajstić information content (AvgIpc) is 2.19. The van der Waals surface area contributed by atoms with Gasteiger partial charge in [0.25, 0.3) is 0 Å². The monoisotopic (exact) mass is 265 g/mol. The predicted molar refractivity (Wildman–Crippen MR) is 58.3 cm³/mol. The van der Waals surface area contributed by atoms with Crippen molar-refractivity contribution in [3.05, 3.63) is 23.8 Å². The molecule has 0 amide bonds. The molecule has 4 nitrogen and oxygen atoms in total. The normalized spacial score (nSPS) is 8.87. The molecule has 0 saturated carbocycles. The molecule has 1 aromatic carbocycles. The van der Waals surface area contributed by atoms with Crippen molar-refractivity contribution in [3.63, 3.8) is 0 Å². The lowest BCUT2D eigenvalue weighted by Gasteiger charge is -2.00. The molecule has 0 heterocycles. The third-order valence-corrected chi connectivity index (χ3v) is 2.01. The first-order valence-corrected chi connectivity index (χ1v) is 5.20. The summed E-state index contributed by atoms with van der Waals surface area (Å²) in [6.45, 7) is 0. The van der Waals surface area contributed by atoms with Crippen LogP contribution in [0, 0.1) is 6.07 Å². The van der Waals surface area contributed by atoms with E-state index in [4.69, 9.17) is 0 Å². The highest BCUT2D eigenvalue weighted by Gasteiger charge is 2.00. The molecule has 0 atom stereocenters. The lowest BCUT2D eigenvalue weighted by atomic mass is 10.1. The number of halogens is 1. The minimum atomic E-state index is 0.317. The largest absolute Gasteiger partial charge is 0.240 e. The number of hydrogen-bond acceptors (Lipinski definition) is 4. The summed E-state index contributed by atoms with van der Waals surface area (Å²) >= 11 is 3.29. The van der Waals surface area contributed by atoms with Crippen molar-refractivity contribution < 1.29 is 9.59 Å². The predicted octanol–water partition coefficient (Wildman–Crippen LogP) is 2.36. The molecule has 0 N–H and O–H groups in total. The Hall–Kier alpha value is -1.54. The van der Waals surface area contributed by atoms with E-state index in [1.54, 1.807) is 12.1 Å². The van der Waals surface area contributed by atoms with Gasteiger partial charge >= 0.3 is 0 Å². The van der Waals surface area contributed by atoms with Crippen molar-refractivity contribution in [3.8, 4) is 0 Å². The van der Waals surface area contributed by atoms with Crippen LogP contribution in [-0.2, 0) is 16.0 Å². The third-order valence-electron chi connectivity index (χ3n) is 1.62. The van der Waals surface area contributed by atoms with Gasteiger partial charge in [-0.25, -0.2) is 9.59 Å². The number of rotatable bonds is 4. The van der Waals surface area contributed by atoms with Gasteiger partial charge in [0.2, 0.25) is 12.2 Å². The zero-order valence-corrected chi connectivity index (χ0v) is 9.24. The Morgan fingerprint density at radius 3 is 2.13 bits per heavy atom. The molecule has 0 aliphatic carbocycles. The van der Waals surface area contributed by atoms with Gasteiger partial charge in [-0.2, -0.15) is 9.98 Å². The Balaban J connectivity index is 3.18. The van der Waals surface area contributed by atoms with Gasteiger partial charge in [-0.3, -0.25) is 0 Å². The molecule has 0 fully saturated rings. The highest BCUT2D eigenvalue weighted by molar-refractivity contribution is 9.09. The number of alkyl halides is 1. The number of isocyanates is 2. The van der Waals surface area contributed by atoms with Crippen LogP contribution in [0.15, 0.2) is 22.1 Å². The number of carbonyl (C=O) groups excluding carboxylic acids is 2.